The number of carbonyl (C=O) groups excluding carboxylic acids is 2. The zero-order chi connectivity index (χ0) is 29.8. The highest BCUT2D eigenvalue weighted by Gasteiger charge is 2.24. The van der Waals surface area contributed by atoms with Gasteiger partial charge in [-0.15, -0.1) is 0 Å². The second-order valence-electron chi connectivity index (χ2n) is 10.7. The van der Waals surface area contributed by atoms with E-state index in [4.69, 9.17) is 37.8 Å². The highest BCUT2D eigenvalue weighted by Crippen LogP contribution is 2.13. The first-order valence-electron chi connectivity index (χ1n) is 12.3. The molecule has 2 rings (SSSR count). The Balaban J connectivity index is 0.000000391. The van der Waals surface area contributed by atoms with E-state index in [9.17, 15) is 19.5 Å². The van der Waals surface area contributed by atoms with Crippen LogP contribution >= 0.6 is 23.2 Å². The maximum Gasteiger partial charge on any atom is 0.408 e. The molecule has 2 amide bonds. The van der Waals surface area contributed by atoms with Gasteiger partial charge in [-0.3, -0.25) is 0 Å². The van der Waals surface area contributed by atoms with Crippen LogP contribution in [0.1, 0.15) is 52.7 Å². The molecule has 0 aliphatic heterocycles. The van der Waals surface area contributed by atoms with E-state index in [-0.39, 0.29) is 19.1 Å². The highest BCUT2D eigenvalue weighted by atomic mass is 35.5. The Bertz CT molecular complexity index is 1060. The third kappa shape index (κ3) is 15.9. The first kappa shape index (κ1) is 34.0. The molecular formula is C28H38Cl2N2O7. The Kier molecular flexibility index (Phi) is 13.6. The van der Waals surface area contributed by atoms with E-state index < -0.39 is 35.4 Å². The Labute approximate surface area is 239 Å². The molecule has 39 heavy (non-hydrogen) atoms. The third-order valence-corrected chi connectivity index (χ3v) is 5.18. The van der Waals surface area contributed by atoms with Gasteiger partial charge in [0.15, 0.2) is 0 Å². The number of alkyl carbamates (subject to hydrolysis) is 2. The lowest BCUT2D eigenvalue weighted by molar-refractivity contribution is -0.139. The van der Waals surface area contributed by atoms with Crippen molar-refractivity contribution in [2.24, 2.45) is 0 Å². The fraction of sp³-hybridized carbons (Fsp3) is 0.464. The number of benzene rings is 2. The second-order valence-corrected chi connectivity index (χ2v) is 11.6. The van der Waals surface area contributed by atoms with Crippen molar-refractivity contribution in [2.75, 3.05) is 6.61 Å². The maximum absolute atomic E-state index is 11.6. The van der Waals surface area contributed by atoms with Crippen LogP contribution in [0.4, 0.5) is 9.59 Å². The number of carboxylic acids is 1. The van der Waals surface area contributed by atoms with Crippen LogP contribution in [0.25, 0.3) is 0 Å². The Morgan fingerprint density at radius 3 is 1.49 bits per heavy atom. The topological polar surface area (TPSA) is 134 Å². The number of hydrogen-bond donors (Lipinski definition) is 4. The molecule has 2 aromatic rings. The summed E-state index contributed by atoms with van der Waals surface area (Å²) in [5.74, 6) is -1.12. The number of aliphatic carboxylic acids is 1. The molecule has 0 heterocycles. The van der Waals surface area contributed by atoms with Crippen molar-refractivity contribution in [1.82, 2.24) is 10.6 Å². The summed E-state index contributed by atoms with van der Waals surface area (Å²) in [4.78, 5) is 34.4. The predicted octanol–water partition coefficient (Wildman–Crippen LogP) is 5.63. The van der Waals surface area contributed by atoms with Gasteiger partial charge < -0.3 is 30.3 Å². The fourth-order valence-corrected chi connectivity index (χ4v) is 3.30. The molecule has 0 spiro atoms. The van der Waals surface area contributed by atoms with E-state index in [1.165, 1.54) is 0 Å². The van der Waals surface area contributed by atoms with Crippen LogP contribution < -0.4 is 10.6 Å². The van der Waals surface area contributed by atoms with Gasteiger partial charge in [0.25, 0.3) is 0 Å². The predicted molar refractivity (Wildman–Crippen MR) is 151 cm³/mol. The van der Waals surface area contributed by atoms with E-state index in [0.29, 0.717) is 16.5 Å². The summed E-state index contributed by atoms with van der Waals surface area (Å²) in [6.07, 6.45) is -0.599. The number of halogens is 2. The van der Waals surface area contributed by atoms with Crippen LogP contribution in [0.15, 0.2) is 48.5 Å². The molecular weight excluding hydrogens is 547 g/mol. The lowest BCUT2D eigenvalue weighted by Gasteiger charge is -2.22. The number of aliphatic hydroxyl groups is 1. The number of hydrogen-bond acceptors (Lipinski definition) is 6. The average Bonchev–Trinajstić information content (AvgIpc) is 2.79. The van der Waals surface area contributed by atoms with Gasteiger partial charge in [-0.1, -0.05) is 47.5 Å². The smallest absolute Gasteiger partial charge is 0.408 e. The van der Waals surface area contributed by atoms with Crippen LogP contribution in [-0.4, -0.2) is 58.3 Å². The number of carboxylic acid groups (broad SMARTS) is 1. The molecule has 0 fully saturated rings. The summed E-state index contributed by atoms with van der Waals surface area (Å²) in [7, 11) is 0. The molecule has 0 radical (unpaired) electrons. The molecule has 0 saturated heterocycles. The van der Waals surface area contributed by atoms with Crippen LogP contribution in [0.5, 0.6) is 0 Å². The Hall–Kier alpha value is -3.01. The maximum atomic E-state index is 11.6. The molecule has 4 N–H and O–H groups in total. The van der Waals surface area contributed by atoms with Gasteiger partial charge in [0.1, 0.15) is 17.2 Å². The molecule has 0 bridgehead atoms. The van der Waals surface area contributed by atoms with Crippen LogP contribution in [0.3, 0.4) is 0 Å². The van der Waals surface area contributed by atoms with Crippen molar-refractivity contribution in [3.63, 3.8) is 0 Å². The molecule has 0 aliphatic rings. The number of rotatable bonds is 8. The zero-order valence-corrected chi connectivity index (χ0v) is 24.6. The molecule has 0 unspecified atom stereocenters. The van der Waals surface area contributed by atoms with Crippen LogP contribution in [0, 0.1) is 0 Å². The largest absolute Gasteiger partial charge is 0.480 e. The van der Waals surface area contributed by atoms with Gasteiger partial charge in [-0.2, -0.15) is 0 Å². The van der Waals surface area contributed by atoms with E-state index in [1.807, 2.05) is 12.1 Å². The molecule has 2 aromatic carbocycles. The average molecular weight is 586 g/mol. The normalized spacial score (nSPS) is 12.7. The third-order valence-electron chi connectivity index (χ3n) is 4.68. The minimum atomic E-state index is -1.12. The SMILES string of the molecule is CC(C)(C)OC(=O)N[C@@H](Cc1ccc(Cl)cc1)C(=O)O.CC(C)(C)OC(=O)N[C@H](CO)Cc1ccc(Cl)cc1. The van der Waals surface area contributed by atoms with Crippen molar-refractivity contribution in [3.05, 3.63) is 69.7 Å². The monoisotopic (exact) mass is 584 g/mol. The molecule has 216 valence electrons. The molecule has 2 atom stereocenters. The molecule has 0 aromatic heterocycles. The van der Waals surface area contributed by atoms with E-state index in [2.05, 4.69) is 10.6 Å². The number of aliphatic hydroxyl groups excluding tert-OH is 1. The van der Waals surface area contributed by atoms with Crippen LogP contribution in [-0.2, 0) is 27.1 Å². The standard InChI is InChI=1S/C14H18ClNO4.C14H20ClNO3/c1-14(2,3)20-13(19)16-11(12(17)18)8-9-4-6-10(15)7-5-9;1-14(2,3)19-13(18)16-12(9-17)8-10-4-6-11(15)7-5-10/h4-7,11H,8H2,1-3H3,(H,16,19)(H,17,18);4-7,12,17H,8-9H2,1-3H3,(H,16,18)/t11-;12-/m00/s1. The van der Waals surface area contributed by atoms with Crippen molar-refractivity contribution in [1.29, 1.82) is 0 Å². The fourth-order valence-electron chi connectivity index (χ4n) is 3.05. The zero-order valence-electron chi connectivity index (χ0n) is 23.1. The van der Waals surface area contributed by atoms with E-state index >= 15 is 0 Å². The van der Waals surface area contributed by atoms with Crippen molar-refractivity contribution in [2.45, 2.75) is 77.7 Å². The summed E-state index contributed by atoms with van der Waals surface area (Å²) in [5, 5.41) is 24.6. The second kappa shape index (κ2) is 15.5. The molecule has 0 aliphatic carbocycles. The van der Waals surface area contributed by atoms with E-state index in [1.54, 1.807) is 77.9 Å². The molecule has 9 nitrogen and oxygen atoms in total. The minimum absolute atomic E-state index is 0.151. The summed E-state index contributed by atoms with van der Waals surface area (Å²) >= 11 is 11.6. The molecule has 0 saturated carbocycles. The van der Waals surface area contributed by atoms with Gasteiger partial charge in [0, 0.05) is 16.5 Å². The summed E-state index contributed by atoms with van der Waals surface area (Å²) in [6.45, 7) is 10.4. The quantitative estimate of drug-likeness (QED) is 0.316. The Morgan fingerprint density at radius 1 is 0.744 bits per heavy atom. The molecule has 11 heteroatoms. The lowest BCUT2D eigenvalue weighted by atomic mass is 10.1. The van der Waals surface area contributed by atoms with Gasteiger partial charge in [-0.25, -0.2) is 14.4 Å². The first-order chi connectivity index (χ1) is 18.0. The number of nitrogens with one attached hydrogen (secondary N) is 2. The van der Waals surface area contributed by atoms with Gasteiger partial charge in [0.05, 0.1) is 12.6 Å². The van der Waals surface area contributed by atoms with Crippen LogP contribution in [0.2, 0.25) is 10.0 Å². The van der Waals surface area contributed by atoms with Gasteiger partial charge in [-0.05, 0) is 83.4 Å². The Morgan fingerprint density at radius 2 is 1.13 bits per heavy atom. The summed E-state index contributed by atoms with van der Waals surface area (Å²) < 4.78 is 10.2. The first-order valence-corrected chi connectivity index (χ1v) is 13.0. The minimum Gasteiger partial charge on any atom is -0.480 e. The van der Waals surface area contributed by atoms with Gasteiger partial charge in [0.2, 0.25) is 0 Å². The van der Waals surface area contributed by atoms with Crippen molar-refractivity contribution >= 4 is 41.4 Å². The van der Waals surface area contributed by atoms with Gasteiger partial charge >= 0.3 is 18.2 Å². The van der Waals surface area contributed by atoms with Crippen molar-refractivity contribution in [3.8, 4) is 0 Å². The number of ether oxygens (including phenoxy) is 2. The van der Waals surface area contributed by atoms with E-state index in [0.717, 1.165) is 11.1 Å². The van der Waals surface area contributed by atoms with Crippen molar-refractivity contribution < 1.29 is 34.1 Å². The summed E-state index contributed by atoms with van der Waals surface area (Å²) in [6, 6.07) is 12.6. The highest BCUT2D eigenvalue weighted by molar-refractivity contribution is 6.30. The summed E-state index contributed by atoms with van der Waals surface area (Å²) in [5.41, 5.74) is 0.523. The lowest BCUT2D eigenvalue weighted by Crippen LogP contribution is -2.44. The number of carbonyl (C=O) groups is 3. The number of amides is 2.